The molecule has 4 aromatic rings. The second kappa shape index (κ2) is 6.70. The molecule has 0 radical (unpaired) electrons. The normalized spacial score (nSPS) is 11.2. The molecule has 0 unspecified atom stereocenters. The lowest BCUT2D eigenvalue weighted by atomic mass is 10.1. The fourth-order valence-corrected chi connectivity index (χ4v) is 3.27. The lowest BCUT2D eigenvalue weighted by molar-refractivity contribution is 0.0950. The fourth-order valence-electron chi connectivity index (χ4n) is 2.58. The molecular formula is C19H14N4OS. The summed E-state index contributed by atoms with van der Waals surface area (Å²) in [5, 5.41) is 15.2. The van der Waals surface area contributed by atoms with Crippen molar-refractivity contribution >= 4 is 34.2 Å². The number of carbonyl (C=O) groups excluding carboxylic acids is 1. The van der Waals surface area contributed by atoms with E-state index in [1.807, 2.05) is 60.0 Å². The summed E-state index contributed by atoms with van der Waals surface area (Å²) >= 11 is 1.58. The Hall–Kier alpha value is -3.25. The van der Waals surface area contributed by atoms with Crippen molar-refractivity contribution in [2.24, 2.45) is 5.10 Å². The lowest BCUT2D eigenvalue weighted by Crippen LogP contribution is -2.18. The third-order valence-electron chi connectivity index (χ3n) is 3.79. The van der Waals surface area contributed by atoms with Gasteiger partial charge in [-0.2, -0.15) is 10.2 Å². The zero-order chi connectivity index (χ0) is 17.1. The molecule has 6 heteroatoms. The maximum atomic E-state index is 12.2. The first-order chi connectivity index (χ1) is 12.3. The van der Waals surface area contributed by atoms with E-state index in [1.165, 1.54) is 0 Å². The Bertz CT molecular complexity index is 1040. The molecule has 122 valence electrons. The molecule has 0 aliphatic carbocycles. The number of hydrogen-bond acceptors (Lipinski definition) is 4. The molecule has 25 heavy (non-hydrogen) atoms. The minimum Gasteiger partial charge on any atom is -0.276 e. The molecule has 2 aromatic heterocycles. The number of benzene rings is 2. The third kappa shape index (κ3) is 3.20. The molecule has 0 fully saturated rings. The fraction of sp³-hybridized carbons (Fsp3) is 0. The summed E-state index contributed by atoms with van der Waals surface area (Å²) in [6, 6.07) is 19.7. The van der Waals surface area contributed by atoms with Crippen LogP contribution < -0.4 is 5.43 Å². The Morgan fingerprint density at radius 2 is 2.00 bits per heavy atom. The van der Waals surface area contributed by atoms with E-state index in [9.17, 15) is 4.79 Å². The average molecular weight is 346 g/mol. The van der Waals surface area contributed by atoms with Crippen molar-refractivity contribution in [3.8, 4) is 10.6 Å². The summed E-state index contributed by atoms with van der Waals surface area (Å²) in [6.07, 6.45) is 1.65. The highest BCUT2D eigenvalue weighted by Crippen LogP contribution is 2.22. The Morgan fingerprint density at radius 1 is 1.12 bits per heavy atom. The summed E-state index contributed by atoms with van der Waals surface area (Å²) in [5.41, 5.74) is 4.59. The second-order valence-corrected chi connectivity index (χ2v) is 6.36. The van der Waals surface area contributed by atoms with Gasteiger partial charge >= 0.3 is 0 Å². The highest BCUT2D eigenvalue weighted by Gasteiger charge is 2.11. The molecule has 0 bridgehead atoms. The number of nitrogens with one attached hydrogen (secondary N) is 2. The van der Waals surface area contributed by atoms with Gasteiger partial charge in [0.15, 0.2) is 5.69 Å². The topological polar surface area (TPSA) is 70.1 Å². The number of rotatable bonds is 4. The van der Waals surface area contributed by atoms with Gasteiger partial charge in [-0.25, -0.2) is 5.43 Å². The minimum absolute atomic E-state index is 0.304. The molecule has 2 heterocycles. The van der Waals surface area contributed by atoms with Crippen LogP contribution in [-0.4, -0.2) is 22.3 Å². The van der Waals surface area contributed by atoms with Crippen LogP contribution in [0.15, 0.2) is 71.1 Å². The van der Waals surface area contributed by atoms with E-state index in [4.69, 9.17) is 0 Å². The molecule has 0 spiro atoms. The van der Waals surface area contributed by atoms with Gasteiger partial charge in [0.2, 0.25) is 0 Å². The molecule has 0 atom stereocenters. The van der Waals surface area contributed by atoms with Gasteiger partial charge in [0.1, 0.15) is 0 Å². The van der Waals surface area contributed by atoms with Gasteiger partial charge < -0.3 is 0 Å². The van der Waals surface area contributed by atoms with Crippen molar-refractivity contribution in [3.05, 3.63) is 77.3 Å². The van der Waals surface area contributed by atoms with Crippen LogP contribution in [-0.2, 0) is 0 Å². The van der Waals surface area contributed by atoms with Crippen LogP contribution in [0.25, 0.3) is 21.3 Å². The Kier molecular flexibility index (Phi) is 4.10. The SMILES string of the molecule is O=C(N/N=C\c1cccc2ccccc12)c1cc(-c2cccs2)[nH]n1. The van der Waals surface area contributed by atoms with Gasteiger partial charge in [-0.1, -0.05) is 48.5 Å². The van der Waals surface area contributed by atoms with E-state index in [0.717, 1.165) is 26.9 Å². The Balaban J connectivity index is 1.49. The summed E-state index contributed by atoms with van der Waals surface area (Å²) in [7, 11) is 0. The molecule has 0 saturated heterocycles. The van der Waals surface area contributed by atoms with Crippen molar-refractivity contribution < 1.29 is 4.79 Å². The van der Waals surface area contributed by atoms with Gasteiger partial charge in [-0.05, 0) is 28.3 Å². The standard InChI is InChI=1S/C19H14N4OS/c24-19(17-11-16(21-22-17)18-9-4-10-25-18)23-20-12-14-7-3-6-13-5-1-2-8-15(13)14/h1-12H,(H,21,22)(H,23,24)/b20-12-. The van der Waals surface area contributed by atoms with Gasteiger partial charge in [-0.3, -0.25) is 9.89 Å². The monoisotopic (exact) mass is 346 g/mol. The Labute approximate surface area is 148 Å². The zero-order valence-electron chi connectivity index (χ0n) is 13.1. The van der Waals surface area contributed by atoms with Gasteiger partial charge in [-0.15, -0.1) is 11.3 Å². The summed E-state index contributed by atoms with van der Waals surface area (Å²) in [6.45, 7) is 0. The maximum absolute atomic E-state index is 12.2. The molecule has 1 amide bonds. The van der Waals surface area contributed by atoms with Gasteiger partial charge in [0.05, 0.1) is 16.8 Å². The van der Waals surface area contributed by atoms with E-state index in [2.05, 4.69) is 20.7 Å². The molecule has 2 aromatic carbocycles. The predicted octanol–water partition coefficient (Wildman–Crippen LogP) is 4.06. The van der Waals surface area contributed by atoms with Crippen molar-refractivity contribution in [1.29, 1.82) is 0 Å². The molecule has 2 N–H and O–H groups in total. The number of thiophene rings is 1. The molecule has 5 nitrogen and oxygen atoms in total. The summed E-state index contributed by atoms with van der Waals surface area (Å²) in [4.78, 5) is 13.2. The van der Waals surface area contributed by atoms with Crippen molar-refractivity contribution in [1.82, 2.24) is 15.6 Å². The van der Waals surface area contributed by atoms with Crippen LogP contribution in [0.4, 0.5) is 0 Å². The number of fused-ring (bicyclic) bond motifs is 1. The zero-order valence-corrected chi connectivity index (χ0v) is 14.0. The number of carbonyl (C=O) groups is 1. The van der Waals surface area contributed by atoms with E-state index in [1.54, 1.807) is 23.6 Å². The summed E-state index contributed by atoms with van der Waals surface area (Å²) in [5.74, 6) is -0.351. The first kappa shape index (κ1) is 15.3. The first-order valence-electron chi connectivity index (χ1n) is 7.72. The van der Waals surface area contributed by atoms with E-state index in [-0.39, 0.29) is 5.91 Å². The van der Waals surface area contributed by atoms with Crippen LogP contribution >= 0.6 is 11.3 Å². The first-order valence-corrected chi connectivity index (χ1v) is 8.60. The second-order valence-electron chi connectivity index (χ2n) is 5.41. The summed E-state index contributed by atoms with van der Waals surface area (Å²) < 4.78 is 0. The van der Waals surface area contributed by atoms with Crippen molar-refractivity contribution in [2.45, 2.75) is 0 Å². The van der Waals surface area contributed by atoms with Crippen molar-refractivity contribution in [3.63, 3.8) is 0 Å². The number of amides is 1. The van der Waals surface area contributed by atoms with E-state index in [0.29, 0.717) is 5.69 Å². The number of hydrogen-bond donors (Lipinski definition) is 2. The lowest BCUT2D eigenvalue weighted by Gasteiger charge is -2.01. The molecular weight excluding hydrogens is 332 g/mol. The highest BCUT2D eigenvalue weighted by atomic mass is 32.1. The number of hydrazone groups is 1. The molecule has 0 saturated carbocycles. The van der Waals surface area contributed by atoms with Crippen LogP contribution in [0.1, 0.15) is 16.1 Å². The Morgan fingerprint density at radius 3 is 2.88 bits per heavy atom. The third-order valence-corrected chi connectivity index (χ3v) is 4.69. The van der Waals surface area contributed by atoms with E-state index < -0.39 is 0 Å². The smallest absolute Gasteiger partial charge is 0.276 e. The van der Waals surface area contributed by atoms with Crippen LogP contribution in [0.2, 0.25) is 0 Å². The van der Waals surface area contributed by atoms with E-state index >= 15 is 0 Å². The number of nitrogens with zero attached hydrogens (tertiary/aromatic N) is 2. The van der Waals surface area contributed by atoms with Crippen LogP contribution in [0.3, 0.4) is 0 Å². The van der Waals surface area contributed by atoms with Crippen LogP contribution in [0.5, 0.6) is 0 Å². The van der Waals surface area contributed by atoms with Crippen LogP contribution in [0, 0.1) is 0 Å². The molecule has 4 rings (SSSR count). The predicted molar refractivity (Wildman–Crippen MR) is 101 cm³/mol. The highest BCUT2D eigenvalue weighted by molar-refractivity contribution is 7.13. The van der Waals surface area contributed by atoms with Crippen molar-refractivity contribution in [2.75, 3.05) is 0 Å². The largest absolute Gasteiger partial charge is 0.291 e. The molecule has 0 aliphatic rings. The quantitative estimate of drug-likeness (QED) is 0.432. The molecule has 0 aliphatic heterocycles. The van der Waals surface area contributed by atoms with Gasteiger partial charge in [0, 0.05) is 5.56 Å². The number of aromatic nitrogens is 2. The minimum atomic E-state index is -0.351. The number of aromatic amines is 1. The average Bonchev–Trinajstić information content (AvgIpc) is 3.33. The maximum Gasteiger partial charge on any atom is 0.291 e. The van der Waals surface area contributed by atoms with Gasteiger partial charge in [0.25, 0.3) is 5.91 Å². The number of H-pyrrole nitrogens is 1.